The van der Waals surface area contributed by atoms with E-state index in [9.17, 15) is 18.8 Å². The molecule has 5 rings (SSSR count). The summed E-state index contributed by atoms with van der Waals surface area (Å²) in [5.41, 5.74) is 0.886. The molecule has 5 nitrogen and oxygen atoms in total. The zero-order valence-electron chi connectivity index (χ0n) is 15.5. The summed E-state index contributed by atoms with van der Waals surface area (Å²) in [6, 6.07) is 11.9. The lowest BCUT2D eigenvalue weighted by molar-refractivity contribution is -0.123. The van der Waals surface area contributed by atoms with E-state index in [1.54, 1.807) is 24.3 Å². The van der Waals surface area contributed by atoms with Crippen molar-refractivity contribution < 1.29 is 23.5 Å². The molecule has 1 saturated heterocycles. The van der Waals surface area contributed by atoms with Crippen LogP contribution in [0.25, 0.3) is 0 Å². The number of amides is 2. The van der Waals surface area contributed by atoms with Crippen molar-refractivity contribution in [1.82, 2.24) is 0 Å². The third-order valence-corrected chi connectivity index (χ3v) is 6.10. The number of Topliss-reactive ketones (excluding diaryl/α,β-unsaturated/α-hetero) is 1. The van der Waals surface area contributed by atoms with E-state index in [1.807, 2.05) is 0 Å². The van der Waals surface area contributed by atoms with E-state index in [0.29, 0.717) is 17.0 Å². The molecule has 0 aromatic heterocycles. The van der Waals surface area contributed by atoms with Crippen LogP contribution in [0.4, 0.5) is 10.1 Å². The van der Waals surface area contributed by atoms with Gasteiger partial charge in [-0.25, -0.2) is 4.39 Å². The number of ether oxygens (including phenoxy) is 1. The van der Waals surface area contributed by atoms with Gasteiger partial charge < -0.3 is 4.74 Å². The van der Waals surface area contributed by atoms with Crippen molar-refractivity contribution in [1.29, 1.82) is 0 Å². The van der Waals surface area contributed by atoms with Gasteiger partial charge in [-0.05, 0) is 66.8 Å². The molecule has 1 saturated carbocycles. The van der Waals surface area contributed by atoms with E-state index in [4.69, 9.17) is 4.74 Å². The Morgan fingerprint density at radius 2 is 1.52 bits per heavy atom. The molecule has 0 spiro atoms. The Morgan fingerprint density at radius 1 is 0.931 bits per heavy atom. The Bertz CT molecular complexity index is 998. The van der Waals surface area contributed by atoms with Gasteiger partial charge >= 0.3 is 0 Å². The maximum Gasteiger partial charge on any atom is 0.238 e. The molecular formula is C23H18FNO4. The van der Waals surface area contributed by atoms with E-state index in [-0.39, 0.29) is 47.9 Å². The van der Waals surface area contributed by atoms with Gasteiger partial charge in [0.1, 0.15) is 11.6 Å². The minimum atomic E-state index is -0.406. The van der Waals surface area contributed by atoms with Gasteiger partial charge in [-0.3, -0.25) is 19.3 Å². The summed E-state index contributed by atoms with van der Waals surface area (Å²) in [5, 5.41) is 0. The number of imide groups is 1. The van der Waals surface area contributed by atoms with Crippen LogP contribution in [0.5, 0.6) is 5.75 Å². The van der Waals surface area contributed by atoms with E-state index in [1.165, 1.54) is 29.2 Å². The first-order chi connectivity index (χ1) is 14.0. The first-order valence-corrected chi connectivity index (χ1v) is 9.61. The van der Waals surface area contributed by atoms with Crippen LogP contribution in [0.3, 0.4) is 0 Å². The number of fused-ring (bicyclic) bond motifs is 5. The number of carbonyl (C=O) groups excluding carboxylic acids is 3. The summed E-state index contributed by atoms with van der Waals surface area (Å²) < 4.78 is 18.4. The van der Waals surface area contributed by atoms with Gasteiger partial charge in [-0.15, -0.1) is 0 Å². The van der Waals surface area contributed by atoms with Crippen molar-refractivity contribution in [3.8, 4) is 5.75 Å². The number of hydrogen-bond acceptors (Lipinski definition) is 4. The molecule has 4 atom stereocenters. The average Bonchev–Trinajstić information content (AvgIpc) is 3.41. The quantitative estimate of drug-likeness (QED) is 0.445. The predicted molar refractivity (Wildman–Crippen MR) is 103 cm³/mol. The number of ketones is 1. The molecule has 146 valence electrons. The van der Waals surface area contributed by atoms with E-state index < -0.39 is 5.82 Å². The molecule has 2 amide bonds. The fraction of sp³-hybridized carbons (Fsp3) is 0.261. The second-order valence-corrected chi connectivity index (χ2v) is 7.72. The Kier molecular flexibility index (Phi) is 4.08. The minimum Gasteiger partial charge on any atom is -0.485 e. The summed E-state index contributed by atoms with van der Waals surface area (Å²) in [7, 11) is 0. The Hall–Kier alpha value is -3.28. The highest BCUT2D eigenvalue weighted by atomic mass is 19.1. The summed E-state index contributed by atoms with van der Waals surface area (Å²) in [6.45, 7) is -0.189. The molecule has 0 N–H and O–H groups in total. The van der Waals surface area contributed by atoms with Gasteiger partial charge in [0, 0.05) is 5.56 Å². The molecule has 2 aromatic carbocycles. The van der Waals surface area contributed by atoms with Gasteiger partial charge in [0.2, 0.25) is 11.8 Å². The number of hydrogen-bond donors (Lipinski definition) is 0. The molecule has 0 unspecified atom stereocenters. The second-order valence-electron chi connectivity index (χ2n) is 7.72. The first-order valence-electron chi connectivity index (χ1n) is 9.61. The zero-order valence-corrected chi connectivity index (χ0v) is 15.5. The van der Waals surface area contributed by atoms with Crippen molar-refractivity contribution >= 4 is 23.3 Å². The Labute approximate surface area is 166 Å². The average molecular weight is 391 g/mol. The highest BCUT2D eigenvalue weighted by Gasteiger charge is 2.59. The van der Waals surface area contributed by atoms with Crippen LogP contribution in [0.15, 0.2) is 60.7 Å². The molecule has 6 heteroatoms. The number of benzene rings is 2. The van der Waals surface area contributed by atoms with Crippen LogP contribution >= 0.6 is 0 Å². The lowest BCUT2D eigenvalue weighted by atomic mass is 9.85. The van der Waals surface area contributed by atoms with Crippen LogP contribution in [0, 0.1) is 29.5 Å². The maximum atomic E-state index is 12.9. The van der Waals surface area contributed by atoms with E-state index in [2.05, 4.69) is 12.2 Å². The molecular weight excluding hydrogens is 373 g/mol. The third-order valence-electron chi connectivity index (χ3n) is 6.10. The first kappa shape index (κ1) is 17.8. The number of carbonyl (C=O) groups is 3. The molecule has 1 aliphatic heterocycles. The lowest BCUT2D eigenvalue weighted by Crippen LogP contribution is -2.32. The normalized spacial score (nSPS) is 26.9. The van der Waals surface area contributed by atoms with Crippen LogP contribution in [0.1, 0.15) is 16.8 Å². The Balaban J connectivity index is 1.26. The monoisotopic (exact) mass is 391 g/mol. The van der Waals surface area contributed by atoms with Crippen molar-refractivity contribution in [3.63, 3.8) is 0 Å². The van der Waals surface area contributed by atoms with Crippen LogP contribution in [0.2, 0.25) is 0 Å². The fourth-order valence-electron chi connectivity index (χ4n) is 4.72. The van der Waals surface area contributed by atoms with Crippen LogP contribution in [-0.4, -0.2) is 24.2 Å². The Morgan fingerprint density at radius 3 is 2.10 bits per heavy atom. The summed E-state index contributed by atoms with van der Waals surface area (Å²) in [6.07, 6.45) is 5.03. The number of nitrogens with zero attached hydrogens (tertiary/aromatic N) is 1. The molecule has 2 aromatic rings. The third kappa shape index (κ3) is 2.87. The predicted octanol–water partition coefficient (Wildman–Crippen LogP) is 3.40. The van der Waals surface area contributed by atoms with Gasteiger partial charge in [0.15, 0.2) is 12.4 Å². The van der Waals surface area contributed by atoms with Gasteiger partial charge in [0.05, 0.1) is 17.5 Å². The van der Waals surface area contributed by atoms with Crippen LogP contribution in [-0.2, 0) is 9.59 Å². The fourth-order valence-corrected chi connectivity index (χ4v) is 4.72. The molecule has 3 aliphatic rings. The molecule has 2 aliphatic carbocycles. The second kappa shape index (κ2) is 6.65. The SMILES string of the molecule is O=C(COc1ccc(N2C(=O)[C@H]3[C@H](C2=O)[C@H]2C=C[C@H]3C2)cc1)c1ccc(F)cc1. The molecule has 1 heterocycles. The number of allylic oxidation sites excluding steroid dienone is 2. The topological polar surface area (TPSA) is 63.7 Å². The van der Waals surface area contributed by atoms with E-state index in [0.717, 1.165) is 6.42 Å². The van der Waals surface area contributed by atoms with Crippen LogP contribution < -0.4 is 9.64 Å². The van der Waals surface area contributed by atoms with Gasteiger partial charge in [0.25, 0.3) is 0 Å². The number of halogens is 1. The summed E-state index contributed by atoms with van der Waals surface area (Å²) in [4.78, 5) is 39.1. The molecule has 2 bridgehead atoms. The highest BCUT2D eigenvalue weighted by Crippen LogP contribution is 2.53. The van der Waals surface area contributed by atoms with Crippen molar-refractivity contribution in [3.05, 3.63) is 72.1 Å². The summed E-state index contributed by atoms with van der Waals surface area (Å²) >= 11 is 0. The van der Waals surface area contributed by atoms with Crippen molar-refractivity contribution in [2.45, 2.75) is 6.42 Å². The standard InChI is InChI=1S/C23H18FNO4/c24-16-5-3-13(4-6-16)19(26)12-29-18-9-7-17(8-10-18)25-22(27)20-14-1-2-15(11-14)21(20)23(25)28/h1-10,14-15,20-21H,11-12H2/t14-,15-,20+,21+/m0/s1. The molecule has 2 fully saturated rings. The maximum absolute atomic E-state index is 12.9. The van der Waals surface area contributed by atoms with Gasteiger partial charge in [-0.2, -0.15) is 0 Å². The minimum absolute atomic E-state index is 0.128. The molecule has 0 radical (unpaired) electrons. The van der Waals surface area contributed by atoms with Crippen molar-refractivity contribution in [2.75, 3.05) is 11.5 Å². The summed E-state index contributed by atoms with van der Waals surface area (Å²) in [5.74, 6) is -0.604. The zero-order chi connectivity index (χ0) is 20.1. The number of rotatable bonds is 5. The smallest absolute Gasteiger partial charge is 0.238 e. The van der Waals surface area contributed by atoms with Crippen molar-refractivity contribution in [2.24, 2.45) is 23.7 Å². The number of anilines is 1. The highest BCUT2D eigenvalue weighted by molar-refractivity contribution is 6.22. The lowest BCUT2D eigenvalue weighted by Gasteiger charge is -2.17. The van der Waals surface area contributed by atoms with E-state index >= 15 is 0 Å². The molecule has 29 heavy (non-hydrogen) atoms. The van der Waals surface area contributed by atoms with Gasteiger partial charge in [-0.1, -0.05) is 12.2 Å². The largest absolute Gasteiger partial charge is 0.485 e.